The molecule has 6 nitrogen and oxygen atoms in total. The van der Waals surface area contributed by atoms with E-state index < -0.39 is 9.84 Å². The molecule has 0 aliphatic carbocycles. The van der Waals surface area contributed by atoms with Crippen molar-refractivity contribution in [2.24, 2.45) is 11.1 Å². The van der Waals surface area contributed by atoms with Crippen LogP contribution in [0, 0.1) is 5.92 Å². The lowest BCUT2D eigenvalue weighted by Crippen LogP contribution is -2.44. The molecule has 27 heavy (non-hydrogen) atoms. The Hall–Kier alpha value is -1.89. The summed E-state index contributed by atoms with van der Waals surface area (Å²) in [7, 11) is -3.05. The van der Waals surface area contributed by atoms with Crippen LogP contribution in [0.2, 0.25) is 0 Å². The second-order valence-electron chi connectivity index (χ2n) is 7.83. The highest BCUT2D eigenvalue weighted by atomic mass is 32.2. The van der Waals surface area contributed by atoms with Gasteiger partial charge in [-0.25, -0.2) is 8.42 Å². The normalized spacial score (nSPS) is 19.1. The molecular formula is C20H30N2O4S. The van der Waals surface area contributed by atoms with Crippen LogP contribution in [-0.4, -0.2) is 56.1 Å². The van der Waals surface area contributed by atoms with Crippen LogP contribution in [0.3, 0.4) is 0 Å². The zero-order chi connectivity index (χ0) is 20.0. The van der Waals surface area contributed by atoms with E-state index in [1.165, 1.54) is 5.56 Å². The van der Waals surface area contributed by atoms with E-state index in [2.05, 4.69) is 19.0 Å². The van der Waals surface area contributed by atoms with Crippen molar-refractivity contribution in [2.45, 2.75) is 46.1 Å². The monoisotopic (exact) mass is 394 g/mol. The molecule has 0 spiro atoms. The van der Waals surface area contributed by atoms with Crippen molar-refractivity contribution in [1.82, 2.24) is 4.90 Å². The molecule has 0 bridgehead atoms. The largest absolute Gasteiger partial charge is 0.386 e. The third kappa shape index (κ3) is 6.65. The summed E-state index contributed by atoms with van der Waals surface area (Å²) in [6, 6.07) is 7.74. The van der Waals surface area contributed by atoms with Crippen molar-refractivity contribution in [3.8, 4) is 0 Å². The smallest absolute Gasteiger partial charge is 0.263 e. The maximum atomic E-state index is 12.5. The number of carbonyl (C=O) groups excluding carboxylic acids is 1. The number of hydrogen-bond donors (Lipinski definition) is 0. The maximum absolute atomic E-state index is 12.5. The second-order valence-corrected chi connectivity index (χ2v) is 10.1. The average molecular weight is 395 g/mol. The molecule has 0 saturated carbocycles. The van der Waals surface area contributed by atoms with Crippen LogP contribution in [0.1, 0.15) is 51.2 Å². The van der Waals surface area contributed by atoms with Gasteiger partial charge < -0.3 is 9.74 Å². The SMILES string of the molecule is CC(C)CN(C(=O)CO/N=C\c1ccc(C(C)C)cc1)[C@H]1CCS(=O)(=O)C1. The molecule has 0 N–H and O–H groups in total. The lowest BCUT2D eigenvalue weighted by Gasteiger charge is -2.29. The average Bonchev–Trinajstić information content (AvgIpc) is 2.96. The molecule has 1 heterocycles. The number of benzene rings is 1. The van der Waals surface area contributed by atoms with Crippen LogP contribution in [0.25, 0.3) is 0 Å². The van der Waals surface area contributed by atoms with Crippen molar-refractivity contribution < 1.29 is 18.0 Å². The Morgan fingerprint density at radius 1 is 1.26 bits per heavy atom. The predicted molar refractivity (Wildman–Crippen MR) is 108 cm³/mol. The zero-order valence-electron chi connectivity index (χ0n) is 16.6. The van der Waals surface area contributed by atoms with E-state index in [9.17, 15) is 13.2 Å². The first-order valence-corrected chi connectivity index (χ1v) is 11.3. The summed E-state index contributed by atoms with van der Waals surface area (Å²) >= 11 is 0. The molecule has 1 aliphatic rings. The van der Waals surface area contributed by atoms with Gasteiger partial charge in [-0.3, -0.25) is 4.79 Å². The Morgan fingerprint density at radius 3 is 2.44 bits per heavy atom. The predicted octanol–water partition coefficient (Wildman–Crippen LogP) is 2.83. The van der Waals surface area contributed by atoms with Crippen LogP contribution in [0.4, 0.5) is 0 Å². The molecule has 0 radical (unpaired) electrons. The van der Waals surface area contributed by atoms with E-state index in [0.29, 0.717) is 18.9 Å². The highest BCUT2D eigenvalue weighted by Crippen LogP contribution is 2.19. The minimum absolute atomic E-state index is 0.0386. The van der Waals surface area contributed by atoms with Crippen molar-refractivity contribution in [3.05, 3.63) is 35.4 Å². The highest BCUT2D eigenvalue weighted by Gasteiger charge is 2.34. The van der Waals surface area contributed by atoms with Gasteiger partial charge >= 0.3 is 0 Å². The number of nitrogens with zero attached hydrogens (tertiary/aromatic N) is 2. The van der Waals surface area contributed by atoms with Crippen molar-refractivity contribution in [2.75, 3.05) is 24.7 Å². The summed E-state index contributed by atoms with van der Waals surface area (Å²) in [5, 5.41) is 3.88. The topological polar surface area (TPSA) is 76.0 Å². The fourth-order valence-electron chi connectivity index (χ4n) is 3.11. The lowest BCUT2D eigenvalue weighted by atomic mass is 10.0. The number of oxime groups is 1. The van der Waals surface area contributed by atoms with Gasteiger partial charge in [0.2, 0.25) is 0 Å². The summed E-state index contributed by atoms with van der Waals surface area (Å²) in [4.78, 5) is 19.4. The van der Waals surface area contributed by atoms with Crippen LogP contribution in [0.15, 0.2) is 29.4 Å². The van der Waals surface area contributed by atoms with Crippen molar-refractivity contribution >= 4 is 22.0 Å². The number of amides is 1. The molecule has 0 unspecified atom stereocenters. The summed E-state index contributed by atoms with van der Waals surface area (Å²) in [6.07, 6.45) is 2.07. The minimum atomic E-state index is -3.05. The van der Waals surface area contributed by atoms with Gasteiger partial charge in [0, 0.05) is 12.6 Å². The van der Waals surface area contributed by atoms with Gasteiger partial charge in [0.25, 0.3) is 5.91 Å². The van der Waals surface area contributed by atoms with Crippen LogP contribution in [0.5, 0.6) is 0 Å². The third-order valence-corrected chi connectivity index (χ3v) is 6.35. The Kier molecular flexibility index (Phi) is 7.41. The van der Waals surface area contributed by atoms with Crippen LogP contribution >= 0.6 is 0 Å². The van der Waals surface area contributed by atoms with E-state index in [0.717, 1.165) is 5.56 Å². The molecule has 1 atom stereocenters. The van der Waals surface area contributed by atoms with Gasteiger partial charge in [-0.15, -0.1) is 0 Å². The third-order valence-electron chi connectivity index (χ3n) is 4.60. The number of rotatable bonds is 8. The number of sulfone groups is 1. The van der Waals surface area contributed by atoms with E-state index in [-0.39, 0.29) is 36.0 Å². The summed E-state index contributed by atoms with van der Waals surface area (Å²) in [6.45, 7) is 8.60. The first-order chi connectivity index (χ1) is 12.7. The molecule has 1 fully saturated rings. The Balaban J connectivity index is 1.91. The zero-order valence-corrected chi connectivity index (χ0v) is 17.4. The molecule has 1 aromatic rings. The molecule has 1 saturated heterocycles. The second kappa shape index (κ2) is 9.35. The van der Waals surface area contributed by atoms with Crippen molar-refractivity contribution in [3.63, 3.8) is 0 Å². The molecule has 7 heteroatoms. The summed E-state index contributed by atoms with van der Waals surface area (Å²) in [5.41, 5.74) is 2.15. The highest BCUT2D eigenvalue weighted by molar-refractivity contribution is 7.91. The van der Waals surface area contributed by atoms with Gasteiger partial charge in [0.15, 0.2) is 16.4 Å². The first-order valence-electron chi connectivity index (χ1n) is 9.43. The van der Waals surface area contributed by atoms with Crippen molar-refractivity contribution in [1.29, 1.82) is 0 Å². The fourth-order valence-corrected chi connectivity index (χ4v) is 4.84. The van der Waals surface area contributed by atoms with Gasteiger partial charge in [-0.2, -0.15) is 0 Å². The maximum Gasteiger partial charge on any atom is 0.263 e. The Labute approximate surface area is 162 Å². The molecule has 1 aliphatic heterocycles. The minimum Gasteiger partial charge on any atom is -0.386 e. The summed E-state index contributed by atoms with van der Waals surface area (Å²) in [5.74, 6) is 0.677. The molecule has 2 rings (SSSR count). The standard InChI is InChI=1S/C20H30N2O4S/c1-15(2)12-22(19-9-10-27(24,25)14-19)20(23)13-26-21-11-17-5-7-18(8-6-17)16(3)4/h5-8,11,15-16,19H,9-10,12-14H2,1-4H3/b21-11-/t19-/m0/s1. The van der Waals surface area contributed by atoms with Gasteiger partial charge in [0.05, 0.1) is 17.7 Å². The van der Waals surface area contributed by atoms with Crippen LogP contribution in [-0.2, 0) is 19.5 Å². The van der Waals surface area contributed by atoms with E-state index >= 15 is 0 Å². The quantitative estimate of drug-likeness (QED) is 0.502. The van der Waals surface area contributed by atoms with E-state index in [1.807, 2.05) is 38.1 Å². The van der Waals surface area contributed by atoms with Crippen LogP contribution < -0.4 is 0 Å². The van der Waals surface area contributed by atoms with Gasteiger partial charge in [-0.05, 0) is 29.4 Å². The van der Waals surface area contributed by atoms with E-state index in [4.69, 9.17) is 4.84 Å². The number of hydrogen-bond acceptors (Lipinski definition) is 5. The number of carbonyl (C=O) groups is 1. The van der Waals surface area contributed by atoms with Gasteiger partial charge in [0.1, 0.15) is 0 Å². The van der Waals surface area contributed by atoms with Gasteiger partial charge in [-0.1, -0.05) is 57.1 Å². The molecular weight excluding hydrogens is 364 g/mol. The Bertz CT molecular complexity index is 755. The molecule has 0 aromatic heterocycles. The van der Waals surface area contributed by atoms with E-state index in [1.54, 1.807) is 11.1 Å². The Morgan fingerprint density at radius 2 is 1.93 bits per heavy atom. The molecule has 1 aromatic carbocycles. The lowest BCUT2D eigenvalue weighted by molar-refractivity contribution is -0.138. The first kappa shape index (κ1) is 21.4. The molecule has 1 amide bonds. The fraction of sp³-hybridized carbons (Fsp3) is 0.600. The summed E-state index contributed by atoms with van der Waals surface area (Å²) < 4.78 is 23.5. The molecule has 150 valence electrons.